The Morgan fingerprint density at radius 3 is 2.44 bits per heavy atom. The molecule has 1 amide bonds. The maximum atomic E-state index is 12.7. The van der Waals surface area contributed by atoms with Gasteiger partial charge in [0.15, 0.2) is 0 Å². The number of piperidine rings is 1. The van der Waals surface area contributed by atoms with Crippen LogP contribution in [0.1, 0.15) is 37.3 Å². The van der Waals surface area contributed by atoms with Gasteiger partial charge in [0.05, 0.1) is 19.6 Å². The minimum Gasteiger partial charge on any atom is -0.469 e. The van der Waals surface area contributed by atoms with Crippen molar-refractivity contribution in [1.29, 1.82) is 0 Å². The smallest absolute Gasteiger partial charge is 0.308 e. The van der Waals surface area contributed by atoms with Gasteiger partial charge in [0, 0.05) is 23.6 Å². The highest BCUT2D eigenvalue weighted by atomic mass is 79.9. The second kappa shape index (κ2) is 8.32. The maximum Gasteiger partial charge on any atom is 0.308 e. The van der Waals surface area contributed by atoms with Crippen molar-refractivity contribution in [2.75, 3.05) is 33.3 Å². The van der Waals surface area contributed by atoms with Crippen LogP contribution < -0.4 is 0 Å². The standard InChI is InChI=1S/C19H25BrN2O3/c1-25-19(24)15-8-11-21(12-9-15)18(23)13-22-10-2-3-17(22)14-4-6-16(20)7-5-14/h4-7,15,17H,2-3,8-13H2,1H3/t17-/m0/s1. The van der Waals surface area contributed by atoms with E-state index in [0.717, 1.165) is 23.9 Å². The molecule has 1 aromatic rings. The van der Waals surface area contributed by atoms with Crippen molar-refractivity contribution in [3.63, 3.8) is 0 Å². The number of hydrogen-bond acceptors (Lipinski definition) is 4. The summed E-state index contributed by atoms with van der Waals surface area (Å²) >= 11 is 3.47. The van der Waals surface area contributed by atoms with Gasteiger partial charge in [0.2, 0.25) is 5.91 Å². The lowest BCUT2D eigenvalue weighted by Gasteiger charge is -2.33. The van der Waals surface area contributed by atoms with Gasteiger partial charge in [-0.05, 0) is 49.9 Å². The van der Waals surface area contributed by atoms with Crippen molar-refractivity contribution in [2.24, 2.45) is 5.92 Å². The lowest BCUT2D eigenvalue weighted by atomic mass is 9.97. The Kier molecular flexibility index (Phi) is 6.12. The zero-order valence-electron chi connectivity index (χ0n) is 14.6. The van der Waals surface area contributed by atoms with Crippen molar-refractivity contribution in [3.8, 4) is 0 Å². The summed E-state index contributed by atoms with van der Waals surface area (Å²) in [5, 5.41) is 0. The zero-order valence-corrected chi connectivity index (χ0v) is 16.2. The number of carbonyl (C=O) groups is 2. The molecule has 2 heterocycles. The predicted octanol–water partition coefficient (Wildman–Crippen LogP) is 3.00. The molecule has 0 aliphatic carbocycles. The van der Waals surface area contributed by atoms with Crippen molar-refractivity contribution >= 4 is 27.8 Å². The molecule has 2 fully saturated rings. The minimum absolute atomic E-state index is 0.0589. The van der Waals surface area contributed by atoms with Crippen LogP contribution in [0.4, 0.5) is 0 Å². The number of nitrogens with zero attached hydrogens (tertiary/aromatic N) is 2. The van der Waals surface area contributed by atoms with Crippen molar-refractivity contribution in [2.45, 2.75) is 31.7 Å². The molecule has 0 radical (unpaired) electrons. The number of benzene rings is 1. The Balaban J connectivity index is 1.55. The second-order valence-electron chi connectivity index (χ2n) is 6.86. The van der Waals surface area contributed by atoms with E-state index in [1.165, 1.54) is 12.7 Å². The van der Waals surface area contributed by atoms with Crippen LogP contribution in [0.2, 0.25) is 0 Å². The molecule has 2 saturated heterocycles. The summed E-state index contributed by atoms with van der Waals surface area (Å²) in [6, 6.07) is 8.72. The van der Waals surface area contributed by atoms with Gasteiger partial charge in [-0.15, -0.1) is 0 Å². The largest absolute Gasteiger partial charge is 0.469 e. The van der Waals surface area contributed by atoms with Crippen LogP contribution in [0.3, 0.4) is 0 Å². The second-order valence-corrected chi connectivity index (χ2v) is 7.77. The summed E-state index contributed by atoms with van der Waals surface area (Å²) in [5.41, 5.74) is 1.28. The van der Waals surface area contributed by atoms with Crippen LogP contribution in [0.25, 0.3) is 0 Å². The average Bonchev–Trinajstić information content (AvgIpc) is 3.10. The summed E-state index contributed by atoms with van der Waals surface area (Å²) in [7, 11) is 1.43. The van der Waals surface area contributed by atoms with E-state index in [1.54, 1.807) is 0 Å². The van der Waals surface area contributed by atoms with E-state index in [1.807, 2.05) is 4.90 Å². The third kappa shape index (κ3) is 4.42. The van der Waals surface area contributed by atoms with E-state index in [-0.39, 0.29) is 17.8 Å². The van der Waals surface area contributed by atoms with Crippen LogP contribution in [0.5, 0.6) is 0 Å². The number of carbonyl (C=O) groups excluding carboxylic acids is 2. The third-order valence-electron chi connectivity index (χ3n) is 5.34. The summed E-state index contributed by atoms with van der Waals surface area (Å²) in [5.74, 6) is -0.0365. The highest BCUT2D eigenvalue weighted by Gasteiger charge is 2.31. The summed E-state index contributed by atoms with van der Waals surface area (Å²) < 4.78 is 5.88. The quantitative estimate of drug-likeness (QED) is 0.718. The number of likely N-dealkylation sites (tertiary alicyclic amines) is 2. The van der Waals surface area contributed by atoms with Crippen molar-refractivity contribution < 1.29 is 14.3 Å². The average molecular weight is 409 g/mol. The molecule has 136 valence electrons. The Hall–Kier alpha value is -1.40. The van der Waals surface area contributed by atoms with Crippen LogP contribution >= 0.6 is 15.9 Å². The van der Waals surface area contributed by atoms with Gasteiger partial charge >= 0.3 is 5.97 Å². The first-order chi connectivity index (χ1) is 12.1. The molecule has 25 heavy (non-hydrogen) atoms. The normalized spacial score (nSPS) is 22.2. The van der Waals surface area contributed by atoms with E-state index in [9.17, 15) is 9.59 Å². The van der Waals surface area contributed by atoms with E-state index >= 15 is 0 Å². The van der Waals surface area contributed by atoms with E-state index < -0.39 is 0 Å². The highest BCUT2D eigenvalue weighted by molar-refractivity contribution is 9.10. The number of esters is 1. The number of ether oxygens (including phenoxy) is 1. The topological polar surface area (TPSA) is 49.9 Å². The molecular formula is C19H25BrN2O3. The monoisotopic (exact) mass is 408 g/mol. The molecule has 0 saturated carbocycles. The number of hydrogen-bond donors (Lipinski definition) is 0. The molecule has 0 N–H and O–H groups in total. The van der Waals surface area contributed by atoms with Gasteiger partial charge in [-0.25, -0.2) is 0 Å². The first kappa shape index (κ1) is 18.4. The SMILES string of the molecule is COC(=O)C1CCN(C(=O)CN2CCC[C@H]2c2ccc(Br)cc2)CC1. The molecule has 6 heteroatoms. The molecule has 2 aliphatic heterocycles. The fraction of sp³-hybridized carbons (Fsp3) is 0.579. The number of rotatable bonds is 4. The first-order valence-electron chi connectivity index (χ1n) is 8.93. The van der Waals surface area contributed by atoms with Gasteiger partial charge < -0.3 is 9.64 Å². The van der Waals surface area contributed by atoms with Gasteiger partial charge in [0.25, 0.3) is 0 Å². The molecule has 0 aromatic heterocycles. The molecule has 0 bridgehead atoms. The van der Waals surface area contributed by atoms with E-state index in [0.29, 0.717) is 38.5 Å². The lowest BCUT2D eigenvalue weighted by molar-refractivity contribution is -0.149. The first-order valence-corrected chi connectivity index (χ1v) is 9.73. The Morgan fingerprint density at radius 1 is 1.12 bits per heavy atom. The van der Waals surface area contributed by atoms with Crippen LogP contribution in [0.15, 0.2) is 28.7 Å². The van der Waals surface area contributed by atoms with Crippen molar-refractivity contribution in [1.82, 2.24) is 9.80 Å². The van der Waals surface area contributed by atoms with Gasteiger partial charge in [0.1, 0.15) is 0 Å². The van der Waals surface area contributed by atoms with Crippen LogP contribution in [-0.2, 0) is 14.3 Å². The van der Waals surface area contributed by atoms with Gasteiger partial charge in [-0.2, -0.15) is 0 Å². The van der Waals surface area contributed by atoms with Crippen LogP contribution in [0, 0.1) is 5.92 Å². The van der Waals surface area contributed by atoms with Crippen LogP contribution in [-0.4, -0.2) is 55.0 Å². The number of methoxy groups -OCH3 is 1. The molecule has 1 aromatic carbocycles. The predicted molar refractivity (Wildman–Crippen MR) is 99.0 cm³/mol. The number of amides is 1. The summed E-state index contributed by atoms with van der Waals surface area (Å²) in [6.45, 7) is 2.72. The molecule has 0 spiro atoms. The van der Waals surface area contributed by atoms with E-state index in [4.69, 9.17) is 4.74 Å². The fourth-order valence-electron chi connectivity index (χ4n) is 3.88. The lowest BCUT2D eigenvalue weighted by Crippen LogP contribution is -2.45. The molecule has 0 unspecified atom stereocenters. The van der Waals surface area contributed by atoms with E-state index in [2.05, 4.69) is 45.1 Å². The Morgan fingerprint density at radius 2 is 1.80 bits per heavy atom. The summed E-state index contributed by atoms with van der Waals surface area (Å²) in [6.07, 6.45) is 3.63. The molecule has 1 atom stereocenters. The van der Waals surface area contributed by atoms with Gasteiger partial charge in [-0.3, -0.25) is 14.5 Å². The minimum atomic E-state index is -0.151. The fourth-order valence-corrected chi connectivity index (χ4v) is 4.15. The highest BCUT2D eigenvalue weighted by Crippen LogP contribution is 2.32. The van der Waals surface area contributed by atoms with Gasteiger partial charge in [-0.1, -0.05) is 28.1 Å². The third-order valence-corrected chi connectivity index (χ3v) is 5.87. The number of halogens is 1. The van der Waals surface area contributed by atoms with Crippen molar-refractivity contribution in [3.05, 3.63) is 34.3 Å². The molecular weight excluding hydrogens is 384 g/mol. The zero-order chi connectivity index (χ0) is 17.8. The molecule has 3 rings (SSSR count). The Bertz CT molecular complexity index is 612. The molecule has 5 nitrogen and oxygen atoms in total. The Labute approximate surface area is 157 Å². The maximum absolute atomic E-state index is 12.7. The molecule has 2 aliphatic rings. The summed E-state index contributed by atoms with van der Waals surface area (Å²) in [4.78, 5) is 28.5.